The fourth-order valence-electron chi connectivity index (χ4n) is 3.13. The van der Waals surface area contributed by atoms with Crippen LogP contribution in [0.3, 0.4) is 0 Å². The Bertz CT molecular complexity index is 414. The Hall–Kier alpha value is -1.01. The van der Waals surface area contributed by atoms with Crippen molar-refractivity contribution in [1.29, 1.82) is 0 Å². The maximum Gasteiger partial charge on any atom is 0.168 e. The molecular formula is C12H21N5O. The van der Waals surface area contributed by atoms with E-state index in [4.69, 9.17) is 0 Å². The normalized spacial score (nSPS) is 29.3. The van der Waals surface area contributed by atoms with Crippen LogP contribution in [0.5, 0.6) is 0 Å². The number of likely N-dealkylation sites (tertiary alicyclic amines) is 1. The lowest BCUT2D eigenvalue weighted by molar-refractivity contribution is 0.0942. The summed E-state index contributed by atoms with van der Waals surface area (Å²) in [7, 11) is 0. The van der Waals surface area contributed by atoms with Gasteiger partial charge in [0.15, 0.2) is 5.82 Å². The van der Waals surface area contributed by atoms with Crippen LogP contribution in [0.4, 0.5) is 0 Å². The first-order valence-corrected chi connectivity index (χ1v) is 6.88. The van der Waals surface area contributed by atoms with Gasteiger partial charge >= 0.3 is 0 Å². The van der Waals surface area contributed by atoms with Crippen molar-refractivity contribution in [1.82, 2.24) is 25.1 Å². The number of aromatic nitrogens is 4. The molecule has 2 aliphatic rings. The molecule has 1 saturated heterocycles. The standard InChI is InChI=1S/C12H21N5O/c1-8(2)16-10(7-18)5-6-11(16)12-13-14-15-17(12)9-3-4-9/h8-11,18H,3-7H2,1-2H3/t10-,11-/m0/s1. The molecule has 0 amide bonds. The van der Waals surface area contributed by atoms with Crippen LogP contribution in [0.25, 0.3) is 0 Å². The van der Waals surface area contributed by atoms with Gasteiger partial charge in [-0.15, -0.1) is 5.10 Å². The lowest BCUT2D eigenvalue weighted by atomic mass is 10.2. The van der Waals surface area contributed by atoms with Crippen LogP contribution in [-0.4, -0.2) is 48.9 Å². The fraction of sp³-hybridized carbons (Fsp3) is 0.917. The van der Waals surface area contributed by atoms with E-state index in [2.05, 4.69) is 34.3 Å². The molecule has 1 aromatic rings. The van der Waals surface area contributed by atoms with Crippen molar-refractivity contribution in [3.05, 3.63) is 5.82 Å². The number of aliphatic hydroxyl groups excluding tert-OH is 1. The molecule has 0 radical (unpaired) electrons. The van der Waals surface area contributed by atoms with Crippen molar-refractivity contribution >= 4 is 0 Å². The van der Waals surface area contributed by atoms with E-state index in [1.165, 1.54) is 12.8 Å². The molecule has 1 aromatic heterocycles. The van der Waals surface area contributed by atoms with Crippen LogP contribution >= 0.6 is 0 Å². The van der Waals surface area contributed by atoms with Gasteiger partial charge < -0.3 is 5.11 Å². The summed E-state index contributed by atoms with van der Waals surface area (Å²) in [6, 6.07) is 1.42. The maximum atomic E-state index is 9.49. The molecule has 1 saturated carbocycles. The lowest BCUT2D eigenvalue weighted by Crippen LogP contribution is -2.40. The Kier molecular flexibility index (Phi) is 3.07. The molecule has 6 nitrogen and oxygen atoms in total. The zero-order chi connectivity index (χ0) is 12.7. The summed E-state index contributed by atoms with van der Waals surface area (Å²) in [6.07, 6.45) is 4.44. The van der Waals surface area contributed by atoms with Crippen molar-refractivity contribution in [2.24, 2.45) is 0 Å². The van der Waals surface area contributed by atoms with Crippen LogP contribution in [0.15, 0.2) is 0 Å². The van der Waals surface area contributed by atoms with E-state index in [0.717, 1.165) is 18.7 Å². The molecule has 0 spiro atoms. The molecule has 18 heavy (non-hydrogen) atoms. The van der Waals surface area contributed by atoms with E-state index in [1.54, 1.807) is 0 Å². The van der Waals surface area contributed by atoms with Gasteiger partial charge in [-0.25, -0.2) is 4.68 Å². The third-order valence-electron chi connectivity index (χ3n) is 4.07. The number of hydrogen-bond donors (Lipinski definition) is 1. The first kappa shape index (κ1) is 12.0. The summed E-state index contributed by atoms with van der Waals surface area (Å²) in [5, 5.41) is 21.7. The Labute approximate surface area is 107 Å². The van der Waals surface area contributed by atoms with Gasteiger partial charge in [0.25, 0.3) is 0 Å². The van der Waals surface area contributed by atoms with E-state index in [9.17, 15) is 5.11 Å². The van der Waals surface area contributed by atoms with Crippen molar-refractivity contribution in [2.45, 2.75) is 63.7 Å². The second kappa shape index (κ2) is 4.59. The van der Waals surface area contributed by atoms with Crippen LogP contribution < -0.4 is 0 Å². The summed E-state index contributed by atoms with van der Waals surface area (Å²) in [6.45, 7) is 4.57. The number of aliphatic hydroxyl groups is 1. The molecular weight excluding hydrogens is 230 g/mol. The average Bonchev–Trinajstić information content (AvgIpc) is 2.94. The van der Waals surface area contributed by atoms with E-state index in [-0.39, 0.29) is 18.7 Å². The minimum absolute atomic E-state index is 0.222. The van der Waals surface area contributed by atoms with Gasteiger partial charge in [0, 0.05) is 12.1 Å². The summed E-state index contributed by atoms with van der Waals surface area (Å²) in [4.78, 5) is 2.37. The van der Waals surface area contributed by atoms with Gasteiger partial charge in [0.05, 0.1) is 18.7 Å². The average molecular weight is 251 g/mol. The second-order valence-electron chi connectivity index (χ2n) is 5.68. The zero-order valence-electron chi connectivity index (χ0n) is 11.0. The predicted octanol–water partition coefficient (Wildman–Crippen LogP) is 0.914. The molecule has 1 aliphatic carbocycles. The van der Waals surface area contributed by atoms with Gasteiger partial charge in [0.1, 0.15) is 0 Å². The molecule has 1 aliphatic heterocycles. The quantitative estimate of drug-likeness (QED) is 0.861. The summed E-state index contributed by atoms with van der Waals surface area (Å²) < 4.78 is 2.00. The molecule has 2 atom stereocenters. The Morgan fingerprint density at radius 2 is 2.06 bits per heavy atom. The van der Waals surface area contributed by atoms with E-state index >= 15 is 0 Å². The third-order valence-corrected chi connectivity index (χ3v) is 4.07. The SMILES string of the molecule is CC(C)N1[C@H](CO)CC[C@H]1c1nnnn1C1CC1. The van der Waals surface area contributed by atoms with E-state index < -0.39 is 0 Å². The third kappa shape index (κ3) is 1.93. The Morgan fingerprint density at radius 3 is 2.67 bits per heavy atom. The largest absolute Gasteiger partial charge is 0.395 e. The number of tetrazole rings is 1. The molecule has 0 aromatic carbocycles. The summed E-state index contributed by atoms with van der Waals surface area (Å²) in [5.74, 6) is 0.988. The number of rotatable bonds is 4. The first-order valence-electron chi connectivity index (χ1n) is 6.88. The van der Waals surface area contributed by atoms with Crippen molar-refractivity contribution < 1.29 is 5.11 Å². The van der Waals surface area contributed by atoms with Crippen molar-refractivity contribution in [2.75, 3.05) is 6.61 Å². The van der Waals surface area contributed by atoms with Crippen LogP contribution in [-0.2, 0) is 0 Å². The molecule has 2 heterocycles. The first-order chi connectivity index (χ1) is 8.72. The molecule has 0 bridgehead atoms. The second-order valence-corrected chi connectivity index (χ2v) is 5.68. The van der Waals surface area contributed by atoms with Gasteiger partial charge in [-0.05, 0) is 50.0 Å². The van der Waals surface area contributed by atoms with Crippen molar-refractivity contribution in [3.8, 4) is 0 Å². The van der Waals surface area contributed by atoms with Crippen LogP contribution in [0.2, 0.25) is 0 Å². The molecule has 6 heteroatoms. The highest BCUT2D eigenvalue weighted by atomic mass is 16.3. The highest BCUT2D eigenvalue weighted by molar-refractivity contribution is 5.03. The van der Waals surface area contributed by atoms with E-state index in [0.29, 0.717) is 12.1 Å². The fourth-order valence-corrected chi connectivity index (χ4v) is 3.13. The van der Waals surface area contributed by atoms with Crippen LogP contribution in [0.1, 0.15) is 57.4 Å². The van der Waals surface area contributed by atoms with Crippen molar-refractivity contribution in [3.63, 3.8) is 0 Å². The number of hydrogen-bond acceptors (Lipinski definition) is 5. The molecule has 0 unspecified atom stereocenters. The van der Waals surface area contributed by atoms with Gasteiger partial charge in [-0.3, -0.25) is 4.90 Å². The summed E-state index contributed by atoms with van der Waals surface area (Å²) >= 11 is 0. The number of nitrogens with zero attached hydrogens (tertiary/aromatic N) is 5. The Morgan fingerprint density at radius 1 is 1.28 bits per heavy atom. The van der Waals surface area contributed by atoms with Crippen LogP contribution in [0, 0.1) is 0 Å². The highest BCUT2D eigenvalue weighted by Gasteiger charge is 2.40. The highest BCUT2D eigenvalue weighted by Crippen LogP contribution is 2.41. The molecule has 2 fully saturated rings. The maximum absolute atomic E-state index is 9.49. The monoisotopic (exact) mass is 251 g/mol. The molecule has 100 valence electrons. The van der Waals surface area contributed by atoms with Gasteiger partial charge in [-0.2, -0.15) is 0 Å². The van der Waals surface area contributed by atoms with Gasteiger partial charge in [0.2, 0.25) is 0 Å². The predicted molar refractivity (Wildman–Crippen MR) is 65.9 cm³/mol. The van der Waals surface area contributed by atoms with E-state index in [1.807, 2.05) is 4.68 Å². The smallest absolute Gasteiger partial charge is 0.168 e. The minimum Gasteiger partial charge on any atom is -0.395 e. The lowest BCUT2D eigenvalue weighted by Gasteiger charge is -2.32. The Balaban J connectivity index is 1.88. The van der Waals surface area contributed by atoms with Gasteiger partial charge in [-0.1, -0.05) is 0 Å². The zero-order valence-corrected chi connectivity index (χ0v) is 11.0. The minimum atomic E-state index is 0.222. The topological polar surface area (TPSA) is 67.1 Å². The molecule has 3 rings (SSSR count). The summed E-state index contributed by atoms with van der Waals surface area (Å²) in [5.41, 5.74) is 0. The molecule has 1 N–H and O–H groups in total.